The normalized spacial score (nSPS) is 17.1. The predicted octanol–water partition coefficient (Wildman–Crippen LogP) is 3.37. The first kappa shape index (κ1) is 15.8. The van der Waals surface area contributed by atoms with Gasteiger partial charge in [-0.05, 0) is 18.9 Å². The monoisotopic (exact) mass is 346 g/mol. The zero-order valence-corrected chi connectivity index (χ0v) is 14.1. The molecule has 1 aliphatic heterocycles. The third kappa shape index (κ3) is 3.03. The van der Waals surface area contributed by atoms with Gasteiger partial charge in [-0.2, -0.15) is 5.26 Å². The first-order valence-electron chi connectivity index (χ1n) is 7.26. The van der Waals surface area contributed by atoms with E-state index in [1.54, 1.807) is 11.9 Å². The van der Waals surface area contributed by atoms with E-state index in [4.69, 9.17) is 16.9 Å². The second-order valence-corrected chi connectivity index (χ2v) is 6.59. The van der Waals surface area contributed by atoms with Crippen LogP contribution in [0.3, 0.4) is 0 Å². The highest BCUT2D eigenvalue weighted by atomic mass is 35.5. The predicted molar refractivity (Wildman–Crippen MR) is 91.3 cm³/mol. The molecule has 0 N–H and O–H groups in total. The van der Waals surface area contributed by atoms with Crippen molar-refractivity contribution in [3.05, 3.63) is 34.7 Å². The number of likely N-dealkylation sites (N-methyl/N-ethyl adjacent to an activating group) is 1. The summed E-state index contributed by atoms with van der Waals surface area (Å²) < 4.78 is 0. The molecule has 0 bridgehead atoms. The molecule has 1 fully saturated rings. The number of likely N-dealkylation sites (tertiary alicyclic amines) is 1. The van der Waals surface area contributed by atoms with Crippen molar-refractivity contribution in [1.82, 2.24) is 9.88 Å². The summed E-state index contributed by atoms with van der Waals surface area (Å²) in [5.41, 5.74) is 1.59. The summed E-state index contributed by atoms with van der Waals surface area (Å²) in [6.45, 7) is 0.642. The number of amides is 1. The topological polar surface area (TPSA) is 60.2 Å². The van der Waals surface area contributed by atoms with Gasteiger partial charge in [0.05, 0.1) is 5.69 Å². The van der Waals surface area contributed by atoms with Gasteiger partial charge >= 0.3 is 0 Å². The van der Waals surface area contributed by atoms with E-state index in [0.717, 1.165) is 17.7 Å². The van der Waals surface area contributed by atoms with Crippen molar-refractivity contribution in [2.75, 3.05) is 18.5 Å². The smallest absolute Gasteiger partial charge is 0.251 e. The zero-order chi connectivity index (χ0) is 16.4. The summed E-state index contributed by atoms with van der Waals surface area (Å²) in [5, 5.41) is 12.2. The van der Waals surface area contributed by atoms with Crippen LogP contribution in [0.5, 0.6) is 0 Å². The fourth-order valence-electron chi connectivity index (χ4n) is 2.67. The van der Waals surface area contributed by atoms with E-state index in [2.05, 4.69) is 11.2 Å². The molecule has 1 amide bonds. The Morgan fingerprint density at radius 2 is 2.30 bits per heavy atom. The molecule has 1 aromatic heterocycles. The summed E-state index contributed by atoms with van der Waals surface area (Å²) in [6.07, 6.45) is 3.66. The Morgan fingerprint density at radius 1 is 1.52 bits per heavy atom. The molecule has 1 aliphatic rings. The lowest BCUT2D eigenvalue weighted by atomic mass is 10.2. The van der Waals surface area contributed by atoms with E-state index in [1.165, 1.54) is 16.2 Å². The average Bonchev–Trinajstić information content (AvgIpc) is 3.23. The second-order valence-electron chi connectivity index (χ2n) is 5.34. The molecule has 2 aromatic rings. The Labute approximate surface area is 143 Å². The standard InChI is InChI=1S/C16H15ClN4OS/c1-20(15(22)14-7-4-8-21(14)10-18)16-19-13(9-23-16)11-5-2-3-6-12(11)17/h2-3,5-6,9,14H,4,7-8H2,1H3. The number of hydrogen-bond donors (Lipinski definition) is 0. The van der Waals surface area contributed by atoms with Gasteiger partial charge in [-0.15, -0.1) is 11.3 Å². The van der Waals surface area contributed by atoms with Crippen LogP contribution >= 0.6 is 22.9 Å². The molecule has 5 nitrogen and oxygen atoms in total. The molecule has 7 heteroatoms. The number of benzene rings is 1. The molecule has 1 atom stereocenters. The van der Waals surface area contributed by atoms with Crippen LogP contribution in [0, 0.1) is 11.5 Å². The first-order chi connectivity index (χ1) is 11.1. The van der Waals surface area contributed by atoms with Crippen LogP contribution < -0.4 is 4.90 Å². The summed E-state index contributed by atoms with van der Waals surface area (Å²) in [5.74, 6) is -0.0934. The number of nitrogens with zero attached hydrogens (tertiary/aromatic N) is 4. The van der Waals surface area contributed by atoms with Gasteiger partial charge in [0.1, 0.15) is 6.04 Å². The number of carbonyl (C=O) groups is 1. The van der Waals surface area contributed by atoms with Gasteiger partial charge < -0.3 is 0 Å². The molecule has 0 aliphatic carbocycles. The fourth-order valence-corrected chi connectivity index (χ4v) is 3.70. The molecule has 2 heterocycles. The van der Waals surface area contributed by atoms with E-state index >= 15 is 0 Å². The number of halogens is 1. The minimum Gasteiger partial charge on any atom is -0.298 e. The number of hydrogen-bond acceptors (Lipinski definition) is 5. The SMILES string of the molecule is CN(C(=O)C1CCCN1C#N)c1nc(-c2ccccc2Cl)cs1. The highest BCUT2D eigenvalue weighted by Gasteiger charge is 2.33. The summed E-state index contributed by atoms with van der Waals surface area (Å²) in [4.78, 5) is 20.2. The highest BCUT2D eigenvalue weighted by Crippen LogP contribution is 2.32. The van der Waals surface area contributed by atoms with Gasteiger partial charge in [-0.1, -0.05) is 29.8 Å². The molecule has 0 radical (unpaired) electrons. The largest absolute Gasteiger partial charge is 0.298 e. The lowest BCUT2D eigenvalue weighted by Crippen LogP contribution is -2.42. The van der Waals surface area contributed by atoms with Crippen LogP contribution in [0.15, 0.2) is 29.6 Å². The molecular formula is C16H15ClN4OS. The molecule has 118 valence electrons. The number of rotatable bonds is 3. The average molecular weight is 347 g/mol. The number of anilines is 1. The van der Waals surface area contributed by atoms with Crippen molar-refractivity contribution in [2.24, 2.45) is 0 Å². The van der Waals surface area contributed by atoms with Gasteiger partial charge in [0.15, 0.2) is 11.3 Å². The van der Waals surface area contributed by atoms with E-state index in [-0.39, 0.29) is 11.9 Å². The van der Waals surface area contributed by atoms with Crippen LogP contribution in [0.2, 0.25) is 5.02 Å². The molecular weight excluding hydrogens is 332 g/mol. The van der Waals surface area contributed by atoms with Crippen molar-refractivity contribution in [2.45, 2.75) is 18.9 Å². The molecule has 3 rings (SSSR count). The van der Waals surface area contributed by atoms with Gasteiger partial charge in [-0.25, -0.2) is 4.98 Å². The van der Waals surface area contributed by atoms with Crippen molar-refractivity contribution < 1.29 is 4.79 Å². The Bertz CT molecular complexity index is 769. The number of carbonyl (C=O) groups excluding carboxylic acids is 1. The van der Waals surface area contributed by atoms with Crippen LogP contribution in [-0.2, 0) is 4.79 Å². The molecule has 1 aromatic carbocycles. The Kier molecular flexibility index (Phi) is 4.51. The van der Waals surface area contributed by atoms with Crippen molar-refractivity contribution in [1.29, 1.82) is 5.26 Å². The van der Waals surface area contributed by atoms with Gasteiger partial charge in [0.2, 0.25) is 0 Å². The van der Waals surface area contributed by atoms with Crippen LogP contribution in [0.25, 0.3) is 11.3 Å². The molecule has 23 heavy (non-hydrogen) atoms. The van der Waals surface area contributed by atoms with E-state index in [1.807, 2.05) is 29.6 Å². The molecule has 0 saturated carbocycles. The number of thiazole rings is 1. The summed E-state index contributed by atoms with van der Waals surface area (Å²) in [7, 11) is 1.70. The lowest BCUT2D eigenvalue weighted by molar-refractivity contribution is -0.121. The number of nitriles is 1. The third-order valence-corrected chi connectivity index (χ3v) is 5.17. The van der Waals surface area contributed by atoms with Gasteiger partial charge in [0, 0.05) is 29.6 Å². The Hall–Kier alpha value is -2.10. The van der Waals surface area contributed by atoms with E-state index < -0.39 is 0 Å². The quantitative estimate of drug-likeness (QED) is 0.799. The van der Waals surface area contributed by atoms with Crippen LogP contribution in [-0.4, -0.2) is 35.4 Å². The maximum absolute atomic E-state index is 12.6. The molecule has 0 spiro atoms. The van der Waals surface area contributed by atoms with Gasteiger partial charge in [0.25, 0.3) is 5.91 Å². The van der Waals surface area contributed by atoms with Crippen molar-refractivity contribution in [3.63, 3.8) is 0 Å². The van der Waals surface area contributed by atoms with Crippen molar-refractivity contribution in [3.8, 4) is 17.5 Å². The minimum atomic E-state index is -0.377. The van der Waals surface area contributed by atoms with Crippen molar-refractivity contribution >= 4 is 34.0 Å². The minimum absolute atomic E-state index is 0.0934. The first-order valence-corrected chi connectivity index (χ1v) is 8.52. The summed E-state index contributed by atoms with van der Waals surface area (Å²) in [6, 6.07) is 7.10. The van der Waals surface area contributed by atoms with Gasteiger partial charge in [-0.3, -0.25) is 14.6 Å². The number of aromatic nitrogens is 1. The Balaban J connectivity index is 1.82. The lowest BCUT2D eigenvalue weighted by Gasteiger charge is -2.22. The molecule has 1 unspecified atom stereocenters. The maximum atomic E-state index is 12.6. The maximum Gasteiger partial charge on any atom is 0.251 e. The zero-order valence-electron chi connectivity index (χ0n) is 12.6. The summed E-state index contributed by atoms with van der Waals surface area (Å²) >= 11 is 7.58. The van der Waals surface area contributed by atoms with E-state index in [9.17, 15) is 4.79 Å². The van der Waals surface area contributed by atoms with Crippen LogP contribution in [0.1, 0.15) is 12.8 Å². The third-order valence-electron chi connectivity index (χ3n) is 3.93. The Morgan fingerprint density at radius 3 is 3.04 bits per heavy atom. The van der Waals surface area contributed by atoms with E-state index in [0.29, 0.717) is 23.1 Å². The highest BCUT2D eigenvalue weighted by molar-refractivity contribution is 7.14. The van der Waals surface area contributed by atoms with Crippen LogP contribution in [0.4, 0.5) is 5.13 Å². The fraction of sp³-hybridized carbons (Fsp3) is 0.312. The molecule has 1 saturated heterocycles. The second kappa shape index (κ2) is 6.57.